The Bertz CT molecular complexity index is 1590. The zero-order valence-electron chi connectivity index (χ0n) is 17.9. The molecular weight excluding hydrogens is 388 g/mol. The van der Waals surface area contributed by atoms with Crippen molar-refractivity contribution < 1.29 is 4.57 Å². The van der Waals surface area contributed by atoms with Crippen molar-refractivity contribution in [2.45, 2.75) is 6.92 Å². The van der Waals surface area contributed by atoms with Crippen LogP contribution < -0.4 is 9.88 Å². The zero-order chi connectivity index (χ0) is 21.5. The Morgan fingerprint density at radius 1 is 0.562 bits per heavy atom. The molecule has 152 valence electrons. The molecule has 0 amide bonds. The maximum Gasteiger partial charge on any atom is 0.221 e. The molecule has 2 heteroatoms. The van der Waals surface area contributed by atoms with Crippen LogP contribution in [0.5, 0.6) is 0 Å². The van der Waals surface area contributed by atoms with Crippen LogP contribution >= 0.6 is 0 Å². The maximum atomic E-state index is 3.66. The van der Waals surface area contributed by atoms with Crippen molar-refractivity contribution in [3.8, 4) is 5.69 Å². The van der Waals surface area contributed by atoms with Crippen LogP contribution in [0.2, 0.25) is 0 Å². The van der Waals surface area contributed by atoms with Crippen molar-refractivity contribution in [3.05, 3.63) is 121 Å². The minimum atomic E-state index is 1.08. The topological polar surface area (TPSA) is 15.9 Å². The summed E-state index contributed by atoms with van der Waals surface area (Å²) in [7, 11) is 0. The predicted molar refractivity (Wildman–Crippen MR) is 135 cm³/mol. The van der Waals surface area contributed by atoms with Crippen LogP contribution in [0.3, 0.4) is 0 Å². The molecule has 32 heavy (non-hydrogen) atoms. The highest BCUT2D eigenvalue weighted by Crippen LogP contribution is 2.34. The molecule has 0 aliphatic rings. The van der Waals surface area contributed by atoms with Gasteiger partial charge in [0.2, 0.25) is 16.7 Å². The van der Waals surface area contributed by atoms with Gasteiger partial charge in [-0.3, -0.25) is 0 Å². The lowest BCUT2D eigenvalue weighted by Gasteiger charge is -2.13. The number of fused-ring (bicyclic) bond motifs is 4. The van der Waals surface area contributed by atoms with E-state index in [2.05, 4.69) is 126 Å². The van der Waals surface area contributed by atoms with Crippen LogP contribution in [0.25, 0.3) is 38.3 Å². The summed E-state index contributed by atoms with van der Waals surface area (Å²) in [6.45, 7) is 2.15. The average molecular weight is 412 g/mol. The molecule has 1 heterocycles. The summed E-state index contributed by atoms with van der Waals surface area (Å²) in [4.78, 5) is 0. The third-order valence-electron chi connectivity index (χ3n) is 6.10. The largest absolute Gasteiger partial charge is 0.355 e. The molecule has 1 aromatic heterocycles. The summed E-state index contributed by atoms with van der Waals surface area (Å²) >= 11 is 0. The molecule has 0 saturated carbocycles. The van der Waals surface area contributed by atoms with Crippen molar-refractivity contribution in [1.29, 1.82) is 0 Å². The number of rotatable bonds is 3. The fourth-order valence-corrected chi connectivity index (χ4v) is 4.61. The number of aromatic nitrogens is 1. The first-order valence-electron chi connectivity index (χ1n) is 11.0. The van der Waals surface area contributed by atoms with Crippen LogP contribution in [0, 0.1) is 6.92 Å². The van der Waals surface area contributed by atoms with Crippen LogP contribution in [0.4, 0.5) is 11.4 Å². The second-order valence-electron chi connectivity index (χ2n) is 8.27. The third kappa shape index (κ3) is 3.09. The number of benzene rings is 5. The van der Waals surface area contributed by atoms with Crippen LogP contribution in [0.1, 0.15) is 5.56 Å². The van der Waals surface area contributed by atoms with E-state index in [1.165, 1.54) is 38.1 Å². The quantitative estimate of drug-likeness (QED) is 0.181. The second-order valence-corrected chi connectivity index (χ2v) is 8.27. The van der Waals surface area contributed by atoms with Gasteiger partial charge in [-0.25, -0.2) is 0 Å². The van der Waals surface area contributed by atoms with Gasteiger partial charge in [0, 0.05) is 40.7 Å². The fraction of sp³-hybridized carbons (Fsp3) is 0.0333. The lowest BCUT2D eigenvalue weighted by atomic mass is 10.00. The Morgan fingerprint density at radius 2 is 1.25 bits per heavy atom. The SMILES string of the molecule is Cc1ccc2cc3c4ccccc4c(Nc4ccccc4)cc3[n+](-c3ccccc3)c2c1. The number of hydrogen-bond acceptors (Lipinski definition) is 1. The zero-order valence-corrected chi connectivity index (χ0v) is 17.9. The number of nitrogens with one attached hydrogen (secondary N) is 1. The van der Waals surface area contributed by atoms with E-state index >= 15 is 0 Å². The van der Waals surface area contributed by atoms with Crippen molar-refractivity contribution in [3.63, 3.8) is 0 Å². The van der Waals surface area contributed by atoms with E-state index in [-0.39, 0.29) is 0 Å². The number of pyridine rings is 1. The highest BCUT2D eigenvalue weighted by Gasteiger charge is 2.21. The van der Waals surface area contributed by atoms with Crippen LogP contribution in [-0.4, -0.2) is 0 Å². The van der Waals surface area contributed by atoms with Gasteiger partial charge >= 0.3 is 0 Å². The Morgan fingerprint density at radius 3 is 2.03 bits per heavy atom. The first-order valence-corrected chi connectivity index (χ1v) is 11.0. The average Bonchev–Trinajstić information content (AvgIpc) is 2.84. The monoisotopic (exact) mass is 411 g/mol. The molecule has 0 saturated heterocycles. The number of hydrogen-bond donors (Lipinski definition) is 1. The molecule has 0 bridgehead atoms. The van der Waals surface area contributed by atoms with Gasteiger partial charge in [0.25, 0.3) is 0 Å². The normalized spacial score (nSPS) is 11.3. The van der Waals surface area contributed by atoms with E-state index in [0.29, 0.717) is 0 Å². The van der Waals surface area contributed by atoms with E-state index in [4.69, 9.17) is 0 Å². The summed E-state index contributed by atoms with van der Waals surface area (Å²) < 4.78 is 2.39. The van der Waals surface area contributed by atoms with Gasteiger partial charge in [0.15, 0.2) is 0 Å². The predicted octanol–water partition coefficient (Wildman–Crippen LogP) is 7.47. The summed E-state index contributed by atoms with van der Waals surface area (Å²) in [6, 6.07) is 41.0. The minimum Gasteiger partial charge on any atom is -0.355 e. The number of nitrogens with zero attached hydrogens (tertiary/aromatic N) is 1. The molecule has 5 aromatic carbocycles. The van der Waals surface area contributed by atoms with Gasteiger partial charge in [0.05, 0.1) is 11.1 Å². The van der Waals surface area contributed by atoms with Crippen LogP contribution in [0.15, 0.2) is 115 Å². The number of aryl methyl sites for hydroxylation is 1. The standard InChI is InChI=1S/C30H22N2/c1-21-16-17-22-19-27-25-14-8-9-15-26(25)28(31-23-10-4-2-5-11-23)20-30(27)32(29(22)18-21)24-12-6-3-7-13-24/h2-20H,1H3/p+1. The summed E-state index contributed by atoms with van der Waals surface area (Å²) in [5, 5.41) is 8.61. The second kappa shape index (κ2) is 7.51. The van der Waals surface area contributed by atoms with Crippen molar-refractivity contribution in [1.82, 2.24) is 0 Å². The molecule has 2 nitrogen and oxygen atoms in total. The van der Waals surface area contributed by atoms with Gasteiger partial charge in [0.1, 0.15) is 0 Å². The molecule has 0 spiro atoms. The smallest absolute Gasteiger partial charge is 0.221 e. The highest BCUT2D eigenvalue weighted by molar-refractivity contribution is 6.13. The molecular formula is C30H23N2+. The van der Waals surface area contributed by atoms with Crippen molar-refractivity contribution in [2.75, 3.05) is 5.32 Å². The summed E-state index contributed by atoms with van der Waals surface area (Å²) in [6.07, 6.45) is 0. The third-order valence-corrected chi connectivity index (χ3v) is 6.10. The molecule has 0 fully saturated rings. The first kappa shape index (κ1) is 18.6. The molecule has 6 aromatic rings. The van der Waals surface area contributed by atoms with Crippen molar-refractivity contribution in [2.24, 2.45) is 0 Å². The Hall–Kier alpha value is -4.17. The molecule has 0 unspecified atom stereocenters. The van der Waals surface area contributed by atoms with Gasteiger partial charge in [-0.1, -0.05) is 66.7 Å². The van der Waals surface area contributed by atoms with Gasteiger partial charge < -0.3 is 5.32 Å². The van der Waals surface area contributed by atoms with Crippen molar-refractivity contribution >= 4 is 44.0 Å². The first-order chi connectivity index (χ1) is 15.8. The fourth-order valence-electron chi connectivity index (χ4n) is 4.61. The van der Waals surface area contributed by atoms with E-state index in [1.807, 2.05) is 6.07 Å². The molecule has 1 N–H and O–H groups in total. The van der Waals surface area contributed by atoms with Gasteiger partial charge in [-0.15, -0.1) is 0 Å². The van der Waals surface area contributed by atoms with Gasteiger partial charge in [-0.2, -0.15) is 4.57 Å². The van der Waals surface area contributed by atoms with E-state index in [0.717, 1.165) is 17.1 Å². The highest BCUT2D eigenvalue weighted by atomic mass is 15.0. The van der Waals surface area contributed by atoms with E-state index in [9.17, 15) is 0 Å². The van der Waals surface area contributed by atoms with E-state index in [1.54, 1.807) is 0 Å². The molecule has 0 atom stereocenters. The Kier molecular flexibility index (Phi) is 4.36. The number of anilines is 2. The van der Waals surface area contributed by atoms with E-state index < -0.39 is 0 Å². The molecule has 0 aliphatic heterocycles. The molecule has 6 rings (SSSR count). The Balaban J connectivity index is 1.77. The lowest BCUT2D eigenvalue weighted by Crippen LogP contribution is -2.32. The summed E-state index contributed by atoms with van der Waals surface area (Å²) in [5.41, 5.74) is 7.01. The summed E-state index contributed by atoms with van der Waals surface area (Å²) in [5.74, 6) is 0. The molecule has 0 radical (unpaired) electrons. The lowest BCUT2D eigenvalue weighted by molar-refractivity contribution is -0.537. The maximum absolute atomic E-state index is 3.66. The van der Waals surface area contributed by atoms with Crippen LogP contribution in [-0.2, 0) is 0 Å². The number of para-hydroxylation sites is 2. The van der Waals surface area contributed by atoms with Gasteiger partial charge in [-0.05, 0) is 42.1 Å². The minimum absolute atomic E-state index is 1.08. The molecule has 0 aliphatic carbocycles. The Labute approximate surface area is 187 Å².